The van der Waals surface area contributed by atoms with E-state index in [1.807, 2.05) is 20.8 Å². The molecule has 5 heteroatoms. The Morgan fingerprint density at radius 3 is 2.16 bits per heavy atom. The summed E-state index contributed by atoms with van der Waals surface area (Å²) in [5.41, 5.74) is -0.489. The summed E-state index contributed by atoms with van der Waals surface area (Å²) in [6.07, 6.45) is 3.68. The van der Waals surface area contributed by atoms with Crippen molar-refractivity contribution in [3.8, 4) is 0 Å². The van der Waals surface area contributed by atoms with Crippen LogP contribution in [0.15, 0.2) is 0 Å². The standard InChI is InChI=1S/C14H24N2O3/c1-14(2,3)11(12(17)18)15-13(19)16-7-9-5-4-6-10(9)8-16/h9-11H,4-8H2,1-3H3,(H,15,19)(H,17,18). The Labute approximate surface area is 114 Å². The molecule has 2 amide bonds. The van der Waals surface area contributed by atoms with E-state index in [0.717, 1.165) is 13.1 Å². The van der Waals surface area contributed by atoms with Crippen molar-refractivity contribution in [1.29, 1.82) is 0 Å². The number of hydrogen-bond donors (Lipinski definition) is 2. The van der Waals surface area contributed by atoms with Crippen LogP contribution in [0.4, 0.5) is 4.79 Å². The third-order valence-corrected chi connectivity index (χ3v) is 4.39. The van der Waals surface area contributed by atoms with Crippen LogP contribution in [0.3, 0.4) is 0 Å². The van der Waals surface area contributed by atoms with Crippen LogP contribution in [0.2, 0.25) is 0 Å². The first-order chi connectivity index (χ1) is 8.79. The van der Waals surface area contributed by atoms with Gasteiger partial charge in [-0.2, -0.15) is 0 Å². The molecule has 2 fully saturated rings. The summed E-state index contributed by atoms with van der Waals surface area (Å²) in [5, 5.41) is 11.9. The average Bonchev–Trinajstić information content (AvgIpc) is 2.82. The van der Waals surface area contributed by atoms with Crippen molar-refractivity contribution in [1.82, 2.24) is 10.2 Å². The Bertz CT molecular complexity index is 363. The fourth-order valence-electron chi connectivity index (χ4n) is 3.26. The lowest BCUT2D eigenvalue weighted by Gasteiger charge is -2.30. The molecule has 1 saturated carbocycles. The molecule has 108 valence electrons. The van der Waals surface area contributed by atoms with Crippen molar-refractivity contribution in [3.63, 3.8) is 0 Å². The highest BCUT2D eigenvalue weighted by Crippen LogP contribution is 2.37. The molecule has 1 aliphatic carbocycles. The van der Waals surface area contributed by atoms with Crippen LogP contribution in [0.5, 0.6) is 0 Å². The molecule has 0 aromatic rings. The quantitative estimate of drug-likeness (QED) is 0.804. The van der Waals surface area contributed by atoms with Gasteiger partial charge in [-0.05, 0) is 30.1 Å². The van der Waals surface area contributed by atoms with Gasteiger partial charge in [0, 0.05) is 13.1 Å². The van der Waals surface area contributed by atoms with E-state index in [4.69, 9.17) is 0 Å². The van der Waals surface area contributed by atoms with Crippen molar-refractivity contribution in [2.75, 3.05) is 13.1 Å². The second-order valence-electron chi connectivity index (χ2n) is 6.94. The Kier molecular flexibility index (Phi) is 3.74. The number of carboxylic acids is 1. The first-order valence-electron chi connectivity index (χ1n) is 7.07. The van der Waals surface area contributed by atoms with E-state index in [1.54, 1.807) is 4.90 Å². The van der Waals surface area contributed by atoms with Crippen molar-refractivity contribution in [2.24, 2.45) is 17.3 Å². The molecule has 3 unspecified atom stereocenters. The summed E-state index contributed by atoms with van der Waals surface area (Å²) < 4.78 is 0. The molecule has 1 aliphatic heterocycles. The van der Waals surface area contributed by atoms with Gasteiger partial charge in [0.15, 0.2) is 0 Å². The largest absolute Gasteiger partial charge is 0.480 e. The van der Waals surface area contributed by atoms with Crippen LogP contribution in [-0.4, -0.2) is 41.1 Å². The summed E-state index contributed by atoms with van der Waals surface area (Å²) >= 11 is 0. The lowest BCUT2D eigenvalue weighted by Crippen LogP contribution is -2.53. The van der Waals surface area contributed by atoms with Gasteiger partial charge >= 0.3 is 12.0 Å². The van der Waals surface area contributed by atoms with Crippen LogP contribution in [0, 0.1) is 17.3 Å². The lowest BCUT2D eigenvalue weighted by molar-refractivity contribution is -0.142. The summed E-state index contributed by atoms with van der Waals surface area (Å²) in [6.45, 7) is 7.04. The van der Waals surface area contributed by atoms with Crippen molar-refractivity contribution in [2.45, 2.75) is 46.1 Å². The van der Waals surface area contributed by atoms with Gasteiger partial charge in [-0.25, -0.2) is 9.59 Å². The normalized spacial score (nSPS) is 28.1. The molecule has 0 radical (unpaired) electrons. The number of aliphatic carboxylic acids is 1. The third kappa shape index (κ3) is 3.01. The Hall–Kier alpha value is -1.26. The van der Waals surface area contributed by atoms with Gasteiger partial charge in [0.05, 0.1) is 0 Å². The molecule has 1 heterocycles. The Balaban J connectivity index is 1.95. The van der Waals surface area contributed by atoms with Gasteiger partial charge in [-0.3, -0.25) is 0 Å². The summed E-state index contributed by atoms with van der Waals surface area (Å²) in [4.78, 5) is 25.2. The minimum Gasteiger partial charge on any atom is -0.480 e. The molecule has 0 aromatic heterocycles. The van der Waals surface area contributed by atoms with E-state index in [-0.39, 0.29) is 6.03 Å². The predicted octanol–water partition coefficient (Wildman–Crippen LogP) is 1.93. The van der Waals surface area contributed by atoms with E-state index >= 15 is 0 Å². The number of urea groups is 1. The number of carboxylic acid groups (broad SMARTS) is 1. The average molecular weight is 268 g/mol. The molecule has 1 saturated heterocycles. The maximum Gasteiger partial charge on any atom is 0.326 e. The number of likely N-dealkylation sites (tertiary alicyclic amines) is 1. The highest BCUT2D eigenvalue weighted by atomic mass is 16.4. The molecular formula is C14H24N2O3. The predicted molar refractivity (Wildman–Crippen MR) is 71.8 cm³/mol. The third-order valence-electron chi connectivity index (χ3n) is 4.39. The highest BCUT2D eigenvalue weighted by Gasteiger charge is 2.40. The maximum atomic E-state index is 12.2. The summed E-state index contributed by atoms with van der Waals surface area (Å²) in [7, 11) is 0. The summed E-state index contributed by atoms with van der Waals surface area (Å²) in [5.74, 6) is 0.285. The fraction of sp³-hybridized carbons (Fsp3) is 0.857. The molecule has 19 heavy (non-hydrogen) atoms. The zero-order valence-electron chi connectivity index (χ0n) is 12.0. The zero-order valence-corrected chi connectivity index (χ0v) is 12.0. The molecule has 2 N–H and O–H groups in total. The first-order valence-corrected chi connectivity index (χ1v) is 7.07. The van der Waals surface area contributed by atoms with Crippen molar-refractivity contribution < 1.29 is 14.7 Å². The van der Waals surface area contributed by atoms with Gasteiger partial charge in [-0.1, -0.05) is 27.2 Å². The second kappa shape index (κ2) is 5.02. The lowest BCUT2D eigenvalue weighted by atomic mass is 9.87. The monoisotopic (exact) mass is 268 g/mol. The second-order valence-corrected chi connectivity index (χ2v) is 6.94. The van der Waals surface area contributed by atoms with E-state index in [0.29, 0.717) is 11.8 Å². The first kappa shape index (κ1) is 14.2. The van der Waals surface area contributed by atoms with Crippen LogP contribution in [-0.2, 0) is 4.79 Å². The fourth-order valence-corrected chi connectivity index (χ4v) is 3.26. The minimum atomic E-state index is -0.972. The number of nitrogens with zero attached hydrogens (tertiary/aromatic N) is 1. The molecule has 2 aliphatic rings. The number of rotatable bonds is 2. The molecular weight excluding hydrogens is 244 g/mol. The molecule has 2 rings (SSSR count). The number of fused-ring (bicyclic) bond motifs is 1. The van der Waals surface area contributed by atoms with E-state index in [2.05, 4.69) is 5.32 Å². The highest BCUT2D eigenvalue weighted by molar-refractivity contribution is 5.83. The van der Waals surface area contributed by atoms with Crippen LogP contribution in [0.25, 0.3) is 0 Å². The number of hydrogen-bond acceptors (Lipinski definition) is 2. The van der Waals surface area contributed by atoms with Gasteiger partial charge in [0.1, 0.15) is 6.04 Å². The molecule has 0 bridgehead atoms. The van der Waals surface area contributed by atoms with Gasteiger partial charge in [0.25, 0.3) is 0 Å². The molecule has 0 aromatic carbocycles. The minimum absolute atomic E-state index is 0.225. The van der Waals surface area contributed by atoms with Gasteiger partial charge < -0.3 is 15.3 Å². The number of amides is 2. The zero-order chi connectivity index (χ0) is 14.2. The van der Waals surface area contributed by atoms with Gasteiger partial charge in [-0.15, -0.1) is 0 Å². The van der Waals surface area contributed by atoms with Crippen molar-refractivity contribution in [3.05, 3.63) is 0 Å². The van der Waals surface area contributed by atoms with Crippen LogP contribution < -0.4 is 5.32 Å². The number of carbonyl (C=O) groups is 2. The number of carbonyl (C=O) groups excluding carboxylic acids is 1. The molecule has 5 nitrogen and oxygen atoms in total. The molecule has 0 spiro atoms. The topological polar surface area (TPSA) is 69.6 Å². The molecule has 3 atom stereocenters. The smallest absolute Gasteiger partial charge is 0.326 e. The van der Waals surface area contributed by atoms with Crippen LogP contribution in [0.1, 0.15) is 40.0 Å². The summed E-state index contributed by atoms with van der Waals surface area (Å²) in [6, 6.07) is -1.07. The van der Waals surface area contributed by atoms with E-state index < -0.39 is 17.4 Å². The maximum absolute atomic E-state index is 12.2. The van der Waals surface area contributed by atoms with Crippen molar-refractivity contribution >= 4 is 12.0 Å². The Morgan fingerprint density at radius 1 is 1.21 bits per heavy atom. The van der Waals surface area contributed by atoms with Crippen LogP contribution >= 0.6 is 0 Å². The Morgan fingerprint density at radius 2 is 1.74 bits per heavy atom. The van der Waals surface area contributed by atoms with E-state index in [9.17, 15) is 14.7 Å². The SMILES string of the molecule is CC(C)(C)C(NC(=O)N1CC2CCCC2C1)C(=O)O. The van der Waals surface area contributed by atoms with E-state index in [1.165, 1.54) is 19.3 Å². The van der Waals surface area contributed by atoms with Gasteiger partial charge in [0.2, 0.25) is 0 Å². The number of nitrogens with one attached hydrogen (secondary N) is 1.